The van der Waals surface area contributed by atoms with E-state index in [0.29, 0.717) is 6.61 Å². The van der Waals surface area contributed by atoms with E-state index in [2.05, 4.69) is 6.58 Å². The molecule has 0 fully saturated rings. The number of rotatable bonds is 6. The zero-order valence-corrected chi connectivity index (χ0v) is 8.93. The standard InChI is InChI=1S/C13H14O3/c1-2-3-9-16-12-6-4-5-11(10-12)7-8-13(14)15/h2,4-8,10H,1,3,9H2,(H,14,15). The molecular formula is C13H14O3. The van der Waals surface area contributed by atoms with E-state index in [0.717, 1.165) is 23.8 Å². The van der Waals surface area contributed by atoms with Crippen LogP contribution in [0.25, 0.3) is 6.08 Å². The maximum Gasteiger partial charge on any atom is 0.328 e. The number of hydrogen-bond donors (Lipinski definition) is 1. The summed E-state index contributed by atoms with van der Waals surface area (Å²) in [5, 5.41) is 8.49. The van der Waals surface area contributed by atoms with Crippen LogP contribution in [-0.2, 0) is 4.79 Å². The van der Waals surface area contributed by atoms with Gasteiger partial charge in [0, 0.05) is 6.08 Å². The topological polar surface area (TPSA) is 46.5 Å². The van der Waals surface area contributed by atoms with Gasteiger partial charge in [0.05, 0.1) is 6.61 Å². The summed E-state index contributed by atoms with van der Waals surface area (Å²) in [6.07, 6.45) is 5.20. The van der Waals surface area contributed by atoms with Crippen LogP contribution in [0.15, 0.2) is 43.0 Å². The lowest BCUT2D eigenvalue weighted by Gasteiger charge is -2.04. The first-order valence-electron chi connectivity index (χ1n) is 4.97. The van der Waals surface area contributed by atoms with E-state index in [-0.39, 0.29) is 0 Å². The van der Waals surface area contributed by atoms with Crippen LogP contribution in [0.4, 0.5) is 0 Å². The van der Waals surface area contributed by atoms with Gasteiger partial charge in [-0.2, -0.15) is 0 Å². The molecule has 0 spiro atoms. The van der Waals surface area contributed by atoms with Crippen molar-refractivity contribution in [3.8, 4) is 5.75 Å². The lowest BCUT2D eigenvalue weighted by atomic mass is 10.2. The van der Waals surface area contributed by atoms with Crippen molar-refractivity contribution < 1.29 is 14.6 Å². The third-order valence-electron chi connectivity index (χ3n) is 1.87. The van der Waals surface area contributed by atoms with Gasteiger partial charge in [-0.1, -0.05) is 18.2 Å². The monoisotopic (exact) mass is 218 g/mol. The van der Waals surface area contributed by atoms with Gasteiger partial charge >= 0.3 is 5.97 Å². The molecule has 3 heteroatoms. The first kappa shape index (κ1) is 12.0. The van der Waals surface area contributed by atoms with Crippen molar-refractivity contribution in [1.82, 2.24) is 0 Å². The van der Waals surface area contributed by atoms with Gasteiger partial charge < -0.3 is 9.84 Å². The smallest absolute Gasteiger partial charge is 0.328 e. The Labute approximate surface area is 94.7 Å². The maximum absolute atomic E-state index is 10.3. The SMILES string of the molecule is C=CCCOc1cccc(C=CC(=O)O)c1. The predicted molar refractivity (Wildman–Crippen MR) is 63.4 cm³/mol. The van der Waals surface area contributed by atoms with Crippen molar-refractivity contribution in [2.75, 3.05) is 6.61 Å². The third kappa shape index (κ3) is 4.46. The van der Waals surface area contributed by atoms with Gasteiger partial charge in [0.2, 0.25) is 0 Å². The van der Waals surface area contributed by atoms with E-state index >= 15 is 0 Å². The molecule has 0 saturated heterocycles. The minimum absolute atomic E-state index is 0.579. The Morgan fingerprint density at radius 2 is 2.31 bits per heavy atom. The molecule has 0 unspecified atom stereocenters. The number of carbonyl (C=O) groups is 1. The van der Waals surface area contributed by atoms with Crippen LogP contribution in [0.2, 0.25) is 0 Å². The van der Waals surface area contributed by atoms with E-state index < -0.39 is 5.97 Å². The van der Waals surface area contributed by atoms with Gasteiger partial charge in [0.15, 0.2) is 0 Å². The number of benzene rings is 1. The van der Waals surface area contributed by atoms with Crippen LogP contribution in [0.5, 0.6) is 5.75 Å². The minimum Gasteiger partial charge on any atom is -0.493 e. The van der Waals surface area contributed by atoms with E-state index in [1.54, 1.807) is 12.1 Å². The van der Waals surface area contributed by atoms with Crippen LogP contribution < -0.4 is 4.74 Å². The summed E-state index contributed by atoms with van der Waals surface area (Å²) < 4.78 is 5.44. The van der Waals surface area contributed by atoms with Crippen molar-refractivity contribution in [3.63, 3.8) is 0 Å². The highest BCUT2D eigenvalue weighted by Crippen LogP contribution is 2.14. The second-order valence-corrected chi connectivity index (χ2v) is 3.17. The van der Waals surface area contributed by atoms with Gasteiger partial charge in [0.1, 0.15) is 5.75 Å². The molecule has 1 rings (SSSR count). The summed E-state index contributed by atoms with van der Waals surface area (Å²) in [6.45, 7) is 4.18. The van der Waals surface area contributed by atoms with Crippen LogP contribution in [-0.4, -0.2) is 17.7 Å². The Morgan fingerprint density at radius 1 is 1.50 bits per heavy atom. The molecule has 0 amide bonds. The Hall–Kier alpha value is -2.03. The molecule has 1 N–H and O–H groups in total. The van der Waals surface area contributed by atoms with Gasteiger partial charge in [-0.15, -0.1) is 6.58 Å². The third-order valence-corrected chi connectivity index (χ3v) is 1.87. The maximum atomic E-state index is 10.3. The quantitative estimate of drug-likeness (QED) is 0.453. The number of aliphatic carboxylic acids is 1. The molecule has 1 aromatic carbocycles. The van der Waals surface area contributed by atoms with Crippen LogP contribution in [0.1, 0.15) is 12.0 Å². The van der Waals surface area contributed by atoms with E-state index in [1.807, 2.05) is 18.2 Å². The molecule has 1 aromatic rings. The molecule has 0 aliphatic carbocycles. The molecule has 0 saturated carbocycles. The molecule has 0 aliphatic heterocycles. The first-order chi connectivity index (χ1) is 7.72. The predicted octanol–water partition coefficient (Wildman–Crippen LogP) is 2.74. The fourth-order valence-corrected chi connectivity index (χ4v) is 1.14. The van der Waals surface area contributed by atoms with Crippen molar-refractivity contribution in [2.45, 2.75) is 6.42 Å². The molecule has 0 heterocycles. The number of hydrogen-bond acceptors (Lipinski definition) is 2. The van der Waals surface area contributed by atoms with Crippen LogP contribution >= 0.6 is 0 Å². The first-order valence-corrected chi connectivity index (χ1v) is 4.97. The molecule has 84 valence electrons. The zero-order valence-electron chi connectivity index (χ0n) is 8.93. The van der Waals surface area contributed by atoms with Crippen molar-refractivity contribution in [3.05, 3.63) is 48.6 Å². The van der Waals surface area contributed by atoms with E-state index in [9.17, 15) is 4.79 Å². The normalized spacial score (nSPS) is 10.2. The fourth-order valence-electron chi connectivity index (χ4n) is 1.14. The largest absolute Gasteiger partial charge is 0.493 e. The summed E-state index contributed by atoms with van der Waals surface area (Å²) in [7, 11) is 0. The summed E-state index contributed by atoms with van der Waals surface area (Å²) in [4.78, 5) is 10.3. The van der Waals surface area contributed by atoms with Gasteiger partial charge in [-0.25, -0.2) is 4.79 Å². The second-order valence-electron chi connectivity index (χ2n) is 3.17. The molecule has 0 aliphatic rings. The average Bonchev–Trinajstić information content (AvgIpc) is 2.27. The number of carboxylic acids is 1. The van der Waals surface area contributed by atoms with Crippen LogP contribution in [0.3, 0.4) is 0 Å². The molecular weight excluding hydrogens is 204 g/mol. The summed E-state index contributed by atoms with van der Waals surface area (Å²) in [5.41, 5.74) is 0.804. The Kier molecular flexibility index (Phi) is 4.86. The molecule has 16 heavy (non-hydrogen) atoms. The molecule has 0 radical (unpaired) electrons. The Morgan fingerprint density at radius 3 is 3.00 bits per heavy atom. The highest BCUT2D eigenvalue weighted by Gasteiger charge is 1.94. The lowest BCUT2D eigenvalue weighted by Crippen LogP contribution is -1.95. The van der Waals surface area contributed by atoms with Gasteiger partial charge in [0.25, 0.3) is 0 Å². The Balaban J connectivity index is 2.63. The van der Waals surface area contributed by atoms with Crippen molar-refractivity contribution in [2.24, 2.45) is 0 Å². The van der Waals surface area contributed by atoms with Crippen molar-refractivity contribution >= 4 is 12.0 Å². The van der Waals surface area contributed by atoms with Crippen molar-refractivity contribution in [1.29, 1.82) is 0 Å². The number of carboxylic acid groups (broad SMARTS) is 1. The second kappa shape index (κ2) is 6.45. The van der Waals surface area contributed by atoms with E-state index in [1.165, 1.54) is 6.08 Å². The minimum atomic E-state index is -0.960. The summed E-state index contributed by atoms with van der Waals surface area (Å²) >= 11 is 0. The van der Waals surface area contributed by atoms with Crippen LogP contribution in [0, 0.1) is 0 Å². The van der Waals surface area contributed by atoms with E-state index in [4.69, 9.17) is 9.84 Å². The average molecular weight is 218 g/mol. The Bertz CT molecular complexity index is 394. The highest BCUT2D eigenvalue weighted by molar-refractivity contribution is 5.85. The zero-order chi connectivity index (χ0) is 11.8. The lowest BCUT2D eigenvalue weighted by molar-refractivity contribution is -0.131. The molecule has 0 bridgehead atoms. The number of ether oxygens (including phenoxy) is 1. The molecule has 0 atom stereocenters. The summed E-state index contributed by atoms with van der Waals surface area (Å²) in [6, 6.07) is 7.27. The molecule has 3 nitrogen and oxygen atoms in total. The van der Waals surface area contributed by atoms with Gasteiger partial charge in [-0.3, -0.25) is 0 Å². The molecule has 0 aromatic heterocycles. The van der Waals surface area contributed by atoms with Gasteiger partial charge in [-0.05, 0) is 30.2 Å². The highest BCUT2D eigenvalue weighted by atomic mass is 16.5. The summed E-state index contributed by atoms with van der Waals surface area (Å²) in [5.74, 6) is -0.229. The fraction of sp³-hybridized carbons (Fsp3) is 0.154.